The summed E-state index contributed by atoms with van der Waals surface area (Å²) in [5.41, 5.74) is 0.996. The van der Waals surface area contributed by atoms with E-state index in [-0.39, 0.29) is 11.2 Å². The van der Waals surface area contributed by atoms with Crippen molar-refractivity contribution < 1.29 is 4.79 Å². The summed E-state index contributed by atoms with van der Waals surface area (Å²) in [5.74, 6) is 1.23. The molecule has 0 spiro atoms. The zero-order chi connectivity index (χ0) is 17.5. The van der Waals surface area contributed by atoms with Crippen molar-refractivity contribution in [1.29, 1.82) is 0 Å². The van der Waals surface area contributed by atoms with Crippen molar-refractivity contribution in [3.05, 3.63) is 43.0 Å². The quantitative estimate of drug-likeness (QED) is 0.589. The van der Waals surface area contributed by atoms with Crippen molar-refractivity contribution in [2.45, 2.75) is 37.7 Å². The van der Waals surface area contributed by atoms with E-state index in [1.807, 2.05) is 47.9 Å². The van der Waals surface area contributed by atoms with Gasteiger partial charge in [-0.25, -0.2) is 0 Å². The largest absolute Gasteiger partial charge is 0.355 e. The number of carbonyl (C=O) groups is 1. The lowest BCUT2D eigenvalue weighted by Gasteiger charge is -2.14. The van der Waals surface area contributed by atoms with Crippen LogP contribution in [0.15, 0.2) is 48.1 Å². The van der Waals surface area contributed by atoms with Gasteiger partial charge < -0.3 is 5.32 Å². The minimum Gasteiger partial charge on any atom is -0.355 e. The first-order valence-corrected chi connectivity index (χ1v) is 8.94. The third kappa shape index (κ3) is 4.71. The molecule has 1 amide bonds. The van der Waals surface area contributed by atoms with E-state index in [0.717, 1.165) is 16.5 Å². The van der Waals surface area contributed by atoms with Crippen LogP contribution in [-0.2, 0) is 11.3 Å². The molecule has 0 radical (unpaired) electrons. The number of nitrogens with one attached hydrogen (secondary N) is 1. The van der Waals surface area contributed by atoms with Crippen LogP contribution in [0.5, 0.6) is 0 Å². The van der Waals surface area contributed by atoms with E-state index in [4.69, 9.17) is 0 Å². The summed E-state index contributed by atoms with van der Waals surface area (Å²) in [6.07, 6.45) is 1.81. The molecule has 1 heterocycles. The van der Waals surface area contributed by atoms with Crippen LogP contribution < -0.4 is 5.32 Å². The van der Waals surface area contributed by atoms with Crippen LogP contribution in [0.1, 0.15) is 20.8 Å². The van der Waals surface area contributed by atoms with Gasteiger partial charge in [0, 0.05) is 18.7 Å². The zero-order valence-corrected chi connectivity index (χ0v) is 15.2. The fourth-order valence-corrected chi connectivity index (χ4v) is 3.01. The molecule has 0 unspecified atom stereocenters. The molecule has 0 bridgehead atoms. The van der Waals surface area contributed by atoms with E-state index in [9.17, 15) is 4.79 Å². The molecule has 0 saturated carbocycles. The number of aromatic nitrogens is 3. The van der Waals surface area contributed by atoms with Crippen LogP contribution >= 0.6 is 11.8 Å². The first-order chi connectivity index (χ1) is 11.5. The molecular weight excluding hydrogens is 320 g/mol. The van der Waals surface area contributed by atoms with Crippen LogP contribution in [0.25, 0.3) is 11.4 Å². The van der Waals surface area contributed by atoms with Gasteiger partial charge in [-0.2, -0.15) is 0 Å². The zero-order valence-electron chi connectivity index (χ0n) is 14.4. The van der Waals surface area contributed by atoms with E-state index >= 15 is 0 Å². The van der Waals surface area contributed by atoms with Crippen molar-refractivity contribution in [1.82, 2.24) is 20.1 Å². The molecule has 24 heavy (non-hydrogen) atoms. The van der Waals surface area contributed by atoms with Crippen molar-refractivity contribution in [3.63, 3.8) is 0 Å². The topological polar surface area (TPSA) is 59.8 Å². The minimum atomic E-state index is -0.236. The van der Waals surface area contributed by atoms with Gasteiger partial charge in [0.1, 0.15) is 0 Å². The number of hydrogen-bond acceptors (Lipinski definition) is 4. The highest BCUT2D eigenvalue weighted by atomic mass is 32.2. The molecule has 0 aliphatic carbocycles. The van der Waals surface area contributed by atoms with E-state index in [2.05, 4.69) is 35.9 Å². The van der Waals surface area contributed by atoms with Gasteiger partial charge in [-0.1, -0.05) is 62.0 Å². The maximum absolute atomic E-state index is 12.2. The van der Waals surface area contributed by atoms with Gasteiger partial charge in [0.2, 0.25) is 5.91 Å². The second kappa shape index (κ2) is 8.68. The average Bonchev–Trinajstić information content (AvgIpc) is 2.96. The molecule has 2 aromatic rings. The number of benzene rings is 1. The van der Waals surface area contributed by atoms with Crippen LogP contribution in [0.3, 0.4) is 0 Å². The molecule has 6 heteroatoms. The highest BCUT2D eigenvalue weighted by Gasteiger charge is 2.20. The summed E-state index contributed by atoms with van der Waals surface area (Å²) < 4.78 is 1.99. The first kappa shape index (κ1) is 18.3. The second-order valence-electron chi connectivity index (χ2n) is 5.97. The highest BCUT2D eigenvalue weighted by Crippen LogP contribution is 2.26. The summed E-state index contributed by atoms with van der Waals surface area (Å²) in [7, 11) is 0. The van der Waals surface area contributed by atoms with Crippen LogP contribution in [0, 0.1) is 5.92 Å². The maximum Gasteiger partial charge on any atom is 0.233 e. The SMILES string of the molecule is C=CCn1c(S[C@H](C)C(=O)NCC(C)C)nnc1-c1ccccc1. The third-order valence-electron chi connectivity index (χ3n) is 3.40. The Morgan fingerprint density at radius 1 is 1.29 bits per heavy atom. The predicted octanol–water partition coefficient (Wildman–Crippen LogP) is 3.38. The van der Waals surface area contributed by atoms with Gasteiger partial charge in [-0.05, 0) is 12.8 Å². The van der Waals surface area contributed by atoms with Crippen LogP contribution in [0.2, 0.25) is 0 Å². The lowest BCUT2D eigenvalue weighted by Crippen LogP contribution is -2.33. The summed E-state index contributed by atoms with van der Waals surface area (Å²) >= 11 is 1.41. The Labute approximate surface area is 147 Å². The fourth-order valence-electron chi connectivity index (χ4n) is 2.13. The van der Waals surface area contributed by atoms with Crippen LogP contribution in [-0.4, -0.2) is 32.5 Å². The summed E-state index contributed by atoms with van der Waals surface area (Å²) in [6, 6.07) is 9.90. The Kier molecular flexibility index (Phi) is 6.61. The van der Waals surface area contributed by atoms with Gasteiger partial charge in [0.05, 0.1) is 5.25 Å². The van der Waals surface area contributed by atoms with Gasteiger partial charge in [-0.15, -0.1) is 16.8 Å². The molecule has 0 aliphatic heterocycles. The number of rotatable bonds is 8. The molecule has 1 aromatic carbocycles. The molecule has 128 valence electrons. The number of nitrogens with zero attached hydrogens (tertiary/aromatic N) is 3. The second-order valence-corrected chi connectivity index (χ2v) is 7.28. The lowest BCUT2D eigenvalue weighted by atomic mass is 10.2. The Hall–Kier alpha value is -2.08. The Balaban J connectivity index is 2.17. The van der Waals surface area contributed by atoms with Crippen molar-refractivity contribution >= 4 is 17.7 Å². The molecule has 0 fully saturated rings. The van der Waals surface area contributed by atoms with Crippen molar-refractivity contribution in [2.24, 2.45) is 5.92 Å². The van der Waals surface area contributed by atoms with Gasteiger partial charge in [0.15, 0.2) is 11.0 Å². The molecule has 0 saturated heterocycles. The Morgan fingerprint density at radius 3 is 2.62 bits per heavy atom. The normalized spacial score (nSPS) is 12.2. The van der Waals surface area contributed by atoms with Crippen molar-refractivity contribution in [2.75, 3.05) is 6.54 Å². The smallest absolute Gasteiger partial charge is 0.233 e. The molecule has 5 nitrogen and oxygen atoms in total. The number of allylic oxidation sites excluding steroid dienone is 1. The molecule has 0 aliphatic rings. The molecular formula is C18H24N4OS. The number of hydrogen-bond donors (Lipinski definition) is 1. The van der Waals surface area contributed by atoms with Crippen LogP contribution in [0.4, 0.5) is 0 Å². The fraction of sp³-hybridized carbons (Fsp3) is 0.389. The summed E-state index contributed by atoms with van der Waals surface area (Å²) in [4.78, 5) is 12.2. The average molecular weight is 344 g/mol. The van der Waals surface area contributed by atoms with Gasteiger partial charge in [0.25, 0.3) is 0 Å². The predicted molar refractivity (Wildman–Crippen MR) is 98.8 cm³/mol. The van der Waals surface area contributed by atoms with Gasteiger partial charge >= 0.3 is 0 Å². The van der Waals surface area contributed by atoms with E-state index in [1.54, 1.807) is 0 Å². The Morgan fingerprint density at radius 2 is 2.00 bits per heavy atom. The van der Waals surface area contributed by atoms with Crippen molar-refractivity contribution in [3.8, 4) is 11.4 Å². The summed E-state index contributed by atoms with van der Waals surface area (Å²) in [6.45, 7) is 11.1. The lowest BCUT2D eigenvalue weighted by molar-refractivity contribution is -0.120. The number of thioether (sulfide) groups is 1. The summed E-state index contributed by atoms with van der Waals surface area (Å²) in [5, 5.41) is 12.0. The molecule has 1 aromatic heterocycles. The van der Waals surface area contributed by atoms with Gasteiger partial charge in [-0.3, -0.25) is 9.36 Å². The minimum absolute atomic E-state index is 0.0168. The maximum atomic E-state index is 12.2. The molecule has 2 rings (SSSR count). The highest BCUT2D eigenvalue weighted by molar-refractivity contribution is 8.00. The Bertz CT molecular complexity index is 682. The number of carbonyl (C=O) groups excluding carboxylic acids is 1. The molecule has 1 N–H and O–H groups in total. The third-order valence-corrected chi connectivity index (χ3v) is 4.48. The van der Waals surface area contributed by atoms with E-state index in [1.165, 1.54) is 11.8 Å². The standard InChI is InChI=1S/C18H24N4OS/c1-5-11-22-16(15-9-7-6-8-10-15)20-21-18(22)24-14(4)17(23)19-12-13(2)3/h5-10,13-14H,1,11-12H2,2-4H3,(H,19,23)/t14-/m1/s1. The first-order valence-electron chi connectivity index (χ1n) is 8.06. The monoisotopic (exact) mass is 344 g/mol. The molecule has 1 atom stereocenters. The van der Waals surface area contributed by atoms with E-state index in [0.29, 0.717) is 19.0 Å². The van der Waals surface area contributed by atoms with E-state index < -0.39 is 0 Å². The number of amides is 1.